The average Bonchev–Trinajstić information content (AvgIpc) is 2.23. The van der Waals surface area contributed by atoms with Crippen molar-refractivity contribution in [2.75, 3.05) is 6.61 Å². The molecular formula is C11H16O2. The minimum Gasteiger partial charge on any atom is -0.377 e. The molecule has 13 heavy (non-hydrogen) atoms. The van der Waals surface area contributed by atoms with E-state index in [-0.39, 0.29) is 0 Å². The van der Waals surface area contributed by atoms with Gasteiger partial charge < -0.3 is 9.53 Å². The summed E-state index contributed by atoms with van der Waals surface area (Å²) in [6.45, 7) is 5.72. The van der Waals surface area contributed by atoms with E-state index in [1.165, 1.54) is 5.56 Å². The summed E-state index contributed by atoms with van der Waals surface area (Å²) in [4.78, 5) is 8.00. The second-order valence-corrected chi connectivity index (χ2v) is 2.54. The van der Waals surface area contributed by atoms with Crippen molar-refractivity contribution in [1.82, 2.24) is 0 Å². The summed E-state index contributed by atoms with van der Waals surface area (Å²) >= 11 is 0. The van der Waals surface area contributed by atoms with E-state index in [4.69, 9.17) is 9.53 Å². The van der Waals surface area contributed by atoms with Gasteiger partial charge in [-0.2, -0.15) is 0 Å². The van der Waals surface area contributed by atoms with Gasteiger partial charge in [-0.3, -0.25) is 0 Å². The molecule has 0 unspecified atom stereocenters. The summed E-state index contributed by atoms with van der Waals surface area (Å²) < 4.78 is 5.37. The van der Waals surface area contributed by atoms with Gasteiger partial charge in [0.1, 0.15) is 6.79 Å². The molecule has 0 spiro atoms. The van der Waals surface area contributed by atoms with E-state index in [2.05, 4.69) is 19.1 Å². The number of benzene rings is 1. The first-order chi connectivity index (χ1) is 6.43. The zero-order valence-electron chi connectivity index (χ0n) is 8.03. The van der Waals surface area contributed by atoms with Gasteiger partial charge in [-0.15, -0.1) is 0 Å². The van der Waals surface area contributed by atoms with Gasteiger partial charge in [0.05, 0.1) is 6.61 Å². The van der Waals surface area contributed by atoms with Crippen LogP contribution in [-0.2, 0) is 16.1 Å². The highest BCUT2D eigenvalue weighted by Crippen LogP contribution is 2.00. The summed E-state index contributed by atoms with van der Waals surface area (Å²) in [5.41, 5.74) is 1.25. The third-order valence-electron chi connectivity index (χ3n) is 1.46. The number of hydrogen-bond acceptors (Lipinski definition) is 2. The highest BCUT2D eigenvalue weighted by atomic mass is 16.5. The quantitative estimate of drug-likeness (QED) is 0.665. The second kappa shape index (κ2) is 8.94. The molecule has 0 atom stereocenters. The molecule has 0 aliphatic rings. The number of carbonyl (C=O) groups is 1. The fourth-order valence-electron chi connectivity index (χ4n) is 0.909. The van der Waals surface area contributed by atoms with Crippen LogP contribution in [0.4, 0.5) is 0 Å². The number of carbonyl (C=O) groups excluding carboxylic acids is 1. The predicted octanol–water partition coefficient (Wildman–Crippen LogP) is 2.43. The normalized spacial score (nSPS) is 8.69. The molecule has 2 heteroatoms. The monoisotopic (exact) mass is 180 g/mol. The zero-order valence-corrected chi connectivity index (χ0v) is 8.03. The first-order valence-corrected chi connectivity index (χ1v) is 4.34. The van der Waals surface area contributed by atoms with Gasteiger partial charge in [-0.05, 0) is 12.0 Å². The number of hydrogen-bond donors (Lipinski definition) is 0. The lowest BCUT2D eigenvalue weighted by atomic mass is 10.2. The van der Waals surface area contributed by atoms with Crippen molar-refractivity contribution in [1.29, 1.82) is 0 Å². The van der Waals surface area contributed by atoms with Crippen LogP contribution in [0.2, 0.25) is 0 Å². The van der Waals surface area contributed by atoms with Crippen LogP contribution < -0.4 is 0 Å². The average molecular weight is 180 g/mol. The molecule has 0 saturated heterocycles. The highest BCUT2D eigenvalue weighted by molar-refractivity contribution is 5.13. The Kier molecular flexibility index (Phi) is 8.15. The van der Waals surface area contributed by atoms with Crippen molar-refractivity contribution in [2.24, 2.45) is 0 Å². The lowest BCUT2D eigenvalue weighted by molar-refractivity contribution is -0.0979. The van der Waals surface area contributed by atoms with E-state index >= 15 is 0 Å². The highest BCUT2D eigenvalue weighted by Gasteiger charge is 1.88. The molecule has 0 aromatic heterocycles. The SMILES string of the molecule is C=O.CCCOCc1ccccc1. The molecule has 0 saturated carbocycles. The number of rotatable bonds is 4. The van der Waals surface area contributed by atoms with Crippen LogP contribution in [0.15, 0.2) is 30.3 Å². The first-order valence-electron chi connectivity index (χ1n) is 4.34. The maximum Gasteiger partial charge on any atom is 0.106 e. The molecule has 0 heterocycles. The van der Waals surface area contributed by atoms with Crippen molar-refractivity contribution in [3.8, 4) is 0 Å². The largest absolute Gasteiger partial charge is 0.377 e. The third-order valence-corrected chi connectivity index (χ3v) is 1.46. The van der Waals surface area contributed by atoms with E-state index in [0.29, 0.717) is 0 Å². The molecule has 1 rings (SSSR count). The van der Waals surface area contributed by atoms with E-state index in [0.717, 1.165) is 19.6 Å². The molecule has 0 N–H and O–H groups in total. The molecule has 0 aliphatic heterocycles. The lowest BCUT2D eigenvalue weighted by Crippen LogP contribution is -1.92. The Balaban J connectivity index is 0.000000671. The fourth-order valence-corrected chi connectivity index (χ4v) is 0.909. The van der Waals surface area contributed by atoms with Crippen LogP contribution in [0.25, 0.3) is 0 Å². The summed E-state index contributed by atoms with van der Waals surface area (Å²) in [7, 11) is 0. The van der Waals surface area contributed by atoms with Gasteiger partial charge in [-0.25, -0.2) is 0 Å². The van der Waals surface area contributed by atoms with Crippen molar-refractivity contribution >= 4 is 6.79 Å². The predicted molar refractivity (Wildman–Crippen MR) is 53.5 cm³/mol. The van der Waals surface area contributed by atoms with Gasteiger partial charge in [0.15, 0.2) is 0 Å². The van der Waals surface area contributed by atoms with Gasteiger partial charge in [0.25, 0.3) is 0 Å². The van der Waals surface area contributed by atoms with Crippen LogP contribution in [0.3, 0.4) is 0 Å². The Labute approximate surface area is 79.5 Å². The summed E-state index contributed by atoms with van der Waals surface area (Å²) in [6.07, 6.45) is 1.09. The second-order valence-electron chi connectivity index (χ2n) is 2.54. The van der Waals surface area contributed by atoms with Gasteiger partial charge in [-0.1, -0.05) is 37.3 Å². The van der Waals surface area contributed by atoms with Crippen molar-refractivity contribution in [2.45, 2.75) is 20.0 Å². The molecule has 0 bridgehead atoms. The molecule has 1 aromatic rings. The summed E-state index contributed by atoms with van der Waals surface area (Å²) in [5.74, 6) is 0. The Morgan fingerprint density at radius 3 is 2.38 bits per heavy atom. The van der Waals surface area contributed by atoms with Gasteiger partial charge in [0.2, 0.25) is 0 Å². The summed E-state index contributed by atoms with van der Waals surface area (Å²) in [6, 6.07) is 10.2. The van der Waals surface area contributed by atoms with E-state index in [1.807, 2.05) is 25.0 Å². The molecule has 72 valence electrons. The van der Waals surface area contributed by atoms with Gasteiger partial charge >= 0.3 is 0 Å². The Bertz CT molecular complexity index is 197. The van der Waals surface area contributed by atoms with E-state index in [1.54, 1.807) is 0 Å². The van der Waals surface area contributed by atoms with Crippen LogP contribution >= 0.6 is 0 Å². The smallest absolute Gasteiger partial charge is 0.106 e. The number of ether oxygens (including phenoxy) is 1. The maximum atomic E-state index is 8.00. The molecule has 1 aromatic carbocycles. The molecule has 0 amide bonds. The minimum atomic E-state index is 0.745. The lowest BCUT2D eigenvalue weighted by Gasteiger charge is -2.00. The molecule has 0 aliphatic carbocycles. The Hall–Kier alpha value is -1.15. The van der Waals surface area contributed by atoms with Crippen molar-refractivity contribution in [3.05, 3.63) is 35.9 Å². The minimum absolute atomic E-state index is 0.745. The first kappa shape index (κ1) is 11.8. The molecule has 0 radical (unpaired) electrons. The van der Waals surface area contributed by atoms with Crippen LogP contribution in [0.5, 0.6) is 0 Å². The standard InChI is InChI=1S/C10H14O.CH2O/c1-2-8-11-9-10-6-4-3-5-7-10;1-2/h3-7H,2,8-9H2,1H3;1H2. The van der Waals surface area contributed by atoms with E-state index < -0.39 is 0 Å². The fraction of sp³-hybridized carbons (Fsp3) is 0.364. The maximum absolute atomic E-state index is 8.00. The molecular weight excluding hydrogens is 164 g/mol. The molecule has 0 fully saturated rings. The zero-order chi connectivity index (χ0) is 9.94. The van der Waals surface area contributed by atoms with Crippen molar-refractivity contribution in [3.63, 3.8) is 0 Å². The Morgan fingerprint density at radius 2 is 1.85 bits per heavy atom. The van der Waals surface area contributed by atoms with Crippen LogP contribution in [-0.4, -0.2) is 13.4 Å². The van der Waals surface area contributed by atoms with Gasteiger partial charge in [0, 0.05) is 6.61 Å². The van der Waals surface area contributed by atoms with Crippen LogP contribution in [0, 0.1) is 0 Å². The van der Waals surface area contributed by atoms with Crippen LogP contribution in [0.1, 0.15) is 18.9 Å². The van der Waals surface area contributed by atoms with E-state index in [9.17, 15) is 0 Å². The van der Waals surface area contributed by atoms with Crippen molar-refractivity contribution < 1.29 is 9.53 Å². The topological polar surface area (TPSA) is 26.3 Å². The molecule has 2 nitrogen and oxygen atoms in total. The summed E-state index contributed by atoms with van der Waals surface area (Å²) in [5, 5.41) is 0. The Morgan fingerprint density at radius 1 is 1.23 bits per heavy atom. The third kappa shape index (κ3) is 6.05.